The first kappa shape index (κ1) is 29.6. The van der Waals surface area contributed by atoms with E-state index in [9.17, 15) is 18.9 Å². The highest BCUT2D eigenvalue weighted by atomic mass is 35.5. The van der Waals surface area contributed by atoms with Crippen molar-refractivity contribution < 1.29 is 18.9 Å². The second-order valence-electron chi connectivity index (χ2n) is 10.1. The van der Waals surface area contributed by atoms with Gasteiger partial charge < -0.3 is 10.0 Å². The summed E-state index contributed by atoms with van der Waals surface area (Å²) in [5.41, 5.74) is 0.998. The highest BCUT2D eigenvalue weighted by Gasteiger charge is 2.47. The minimum Gasteiger partial charge on any atom is -0.481 e. The maximum Gasteiger partial charge on any atom is 0.304 e. The molecule has 4 unspecified atom stereocenters. The summed E-state index contributed by atoms with van der Waals surface area (Å²) in [6.07, 6.45) is 3.71. The smallest absolute Gasteiger partial charge is 0.304 e. The Labute approximate surface area is 232 Å². The van der Waals surface area contributed by atoms with Crippen LogP contribution < -0.4 is 0 Å². The lowest BCUT2D eigenvalue weighted by Crippen LogP contribution is -2.53. The zero-order valence-corrected chi connectivity index (χ0v) is 23.9. The third kappa shape index (κ3) is 8.03. The van der Waals surface area contributed by atoms with E-state index < -0.39 is 22.9 Å². The minimum atomic E-state index is -1.10. The van der Waals surface area contributed by atoms with Gasteiger partial charge in [-0.25, -0.2) is 8.51 Å². The molecule has 2 aromatic carbocycles. The van der Waals surface area contributed by atoms with Gasteiger partial charge in [-0.05, 0) is 75.9 Å². The van der Waals surface area contributed by atoms with Gasteiger partial charge >= 0.3 is 5.97 Å². The lowest BCUT2D eigenvalue weighted by atomic mass is 9.85. The molecule has 0 aromatic heterocycles. The summed E-state index contributed by atoms with van der Waals surface area (Å²) in [5, 5.41) is 10.7. The maximum absolute atomic E-state index is 13.4. The van der Waals surface area contributed by atoms with Crippen molar-refractivity contribution in [1.29, 1.82) is 0 Å². The molecule has 1 N–H and O–H groups in total. The number of likely N-dealkylation sites (N-methyl/N-ethyl adjacent to an activating group) is 1. The van der Waals surface area contributed by atoms with Crippen molar-refractivity contribution in [3.63, 3.8) is 0 Å². The summed E-state index contributed by atoms with van der Waals surface area (Å²) in [6, 6.07) is 16.7. The number of likely N-dealkylation sites (tertiary alicyclic amines) is 1. The van der Waals surface area contributed by atoms with Crippen molar-refractivity contribution >= 4 is 46.1 Å². The third-order valence-corrected chi connectivity index (χ3v) is 9.60. The number of aliphatic carboxylic acids is 1. The van der Waals surface area contributed by atoms with Gasteiger partial charge in [-0.1, -0.05) is 60.5 Å². The first-order chi connectivity index (χ1) is 17.6. The van der Waals surface area contributed by atoms with Crippen molar-refractivity contribution in [2.24, 2.45) is 5.92 Å². The van der Waals surface area contributed by atoms with Crippen LogP contribution in [0, 0.1) is 5.92 Å². The lowest BCUT2D eigenvalue weighted by molar-refractivity contribution is -0.151. The van der Waals surface area contributed by atoms with Crippen LogP contribution in [-0.4, -0.2) is 54.8 Å². The molecule has 1 aliphatic carbocycles. The Morgan fingerprint density at radius 2 is 1.70 bits per heavy atom. The van der Waals surface area contributed by atoms with E-state index in [1.165, 1.54) is 0 Å². The average Bonchev–Trinajstić information content (AvgIpc) is 3.63. The van der Waals surface area contributed by atoms with E-state index in [1.54, 1.807) is 0 Å². The fourth-order valence-corrected chi connectivity index (χ4v) is 6.54. The Balaban J connectivity index is 0.000000468. The molecule has 1 heterocycles. The summed E-state index contributed by atoms with van der Waals surface area (Å²) >= 11 is 11.6. The van der Waals surface area contributed by atoms with Crippen LogP contribution >= 0.6 is 23.2 Å². The number of rotatable bonds is 9. The zero-order valence-electron chi connectivity index (χ0n) is 21.6. The Hall–Kier alpha value is -1.93. The summed E-state index contributed by atoms with van der Waals surface area (Å²) in [5.74, 6) is -1.59. The SMILES string of the molecule is CCC(CN(C)S(=O)C1(C)CC1)N1C(=O)C(CC(=O)O)CCC1c1ccc(Cl)cc1.Clc1ccccc1. The molecule has 2 aliphatic rings. The number of hydrogen-bond donors (Lipinski definition) is 1. The van der Waals surface area contributed by atoms with E-state index >= 15 is 0 Å². The molecule has 0 spiro atoms. The lowest BCUT2D eigenvalue weighted by Gasteiger charge is -2.45. The topological polar surface area (TPSA) is 77.9 Å². The van der Waals surface area contributed by atoms with Crippen molar-refractivity contribution in [2.75, 3.05) is 13.6 Å². The predicted molar refractivity (Wildman–Crippen MR) is 150 cm³/mol. The van der Waals surface area contributed by atoms with E-state index in [2.05, 4.69) is 0 Å². The molecular formula is C28H36Cl2N2O4S. The summed E-state index contributed by atoms with van der Waals surface area (Å²) in [6.45, 7) is 4.55. The third-order valence-electron chi connectivity index (χ3n) is 7.13. The van der Waals surface area contributed by atoms with E-state index in [0.29, 0.717) is 30.8 Å². The highest BCUT2D eigenvalue weighted by molar-refractivity contribution is 7.84. The number of nitrogens with zero attached hydrogens (tertiary/aromatic N) is 2. The number of hydrogen-bond acceptors (Lipinski definition) is 3. The molecule has 0 radical (unpaired) electrons. The maximum atomic E-state index is 13.4. The van der Waals surface area contributed by atoms with Crippen LogP contribution in [0.1, 0.15) is 64.0 Å². The predicted octanol–water partition coefficient (Wildman–Crippen LogP) is 6.36. The summed E-state index contributed by atoms with van der Waals surface area (Å²) in [7, 11) is 0.748. The minimum absolute atomic E-state index is 0.118. The van der Waals surface area contributed by atoms with Gasteiger partial charge in [-0.2, -0.15) is 0 Å². The molecule has 2 aromatic rings. The van der Waals surface area contributed by atoms with Gasteiger partial charge in [0, 0.05) is 28.5 Å². The summed E-state index contributed by atoms with van der Waals surface area (Å²) < 4.78 is 14.6. The zero-order chi connectivity index (χ0) is 27.2. The number of halogens is 2. The molecule has 1 aliphatic heterocycles. The van der Waals surface area contributed by atoms with Crippen LogP contribution in [0.5, 0.6) is 0 Å². The molecule has 6 nitrogen and oxygen atoms in total. The second-order valence-corrected chi connectivity index (χ2v) is 13.0. The van der Waals surface area contributed by atoms with Gasteiger partial charge in [0.2, 0.25) is 5.91 Å². The van der Waals surface area contributed by atoms with Crippen LogP contribution in [0.25, 0.3) is 0 Å². The normalized spacial score (nSPS) is 22.1. The van der Waals surface area contributed by atoms with Crippen LogP contribution in [0.4, 0.5) is 0 Å². The number of carboxylic acid groups (broad SMARTS) is 1. The van der Waals surface area contributed by atoms with Crippen molar-refractivity contribution in [2.45, 2.75) is 69.2 Å². The Kier molecular flexibility index (Phi) is 10.6. The van der Waals surface area contributed by atoms with Crippen molar-refractivity contribution in [3.8, 4) is 0 Å². The van der Waals surface area contributed by atoms with Crippen LogP contribution in [0.15, 0.2) is 54.6 Å². The molecule has 9 heteroatoms. The van der Waals surface area contributed by atoms with Gasteiger partial charge in [0.15, 0.2) is 0 Å². The molecule has 0 bridgehead atoms. The van der Waals surface area contributed by atoms with Gasteiger partial charge in [-0.15, -0.1) is 0 Å². The van der Waals surface area contributed by atoms with Crippen LogP contribution in [0.2, 0.25) is 10.0 Å². The Morgan fingerprint density at radius 1 is 1.11 bits per heavy atom. The highest BCUT2D eigenvalue weighted by Crippen LogP contribution is 2.42. The number of carbonyl (C=O) groups excluding carboxylic acids is 1. The Bertz CT molecular complexity index is 1080. The van der Waals surface area contributed by atoms with Gasteiger partial charge in [0.25, 0.3) is 0 Å². The quantitative estimate of drug-likeness (QED) is 0.383. The van der Waals surface area contributed by atoms with Gasteiger partial charge in [0.1, 0.15) is 11.0 Å². The number of carboxylic acids is 1. The fraction of sp³-hybridized carbons (Fsp3) is 0.500. The number of piperidine rings is 1. The molecule has 4 atom stereocenters. The molecule has 4 rings (SSSR count). The molecule has 1 amide bonds. The summed E-state index contributed by atoms with van der Waals surface area (Å²) in [4.78, 5) is 26.6. The fourth-order valence-electron chi connectivity index (χ4n) is 4.75. The molecule has 1 saturated heterocycles. The molecule has 2 fully saturated rings. The van der Waals surface area contributed by atoms with E-state index in [4.69, 9.17) is 23.2 Å². The first-order valence-electron chi connectivity index (χ1n) is 12.7. The van der Waals surface area contributed by atoms with E-state index in [0.717, 1.165) is 23.4 Å². The monoisotopic (exact) mass is 566 g/mol. The molecular weight excluding hydrogens is 531 g/mol. The van der Waals surface area contributed by atoms with Crippen LogP contribution in [-0.2, 0) is 20.6 Å². The number of benzene rings is 2. The van der Waals surface area contributed by atoms with Crippen molar-refractivity contribution in [1.82, 2.24) is 9.21 Å². The van der Waals surface area contributed by atoms with Crippen LogP contribution in [0.3, 0.4) is 0 Å². The molecule has 37 heavy (non-hydrogen) atoms. The van der Waals surface area contributed by atoms with E-state index in [-0.39, 0.29) is 29.2 Å². The van der Waals surface area contributed by atoms with Gasteiger partial charge in [0.05, 0.1) is 17.2 Å². The van der Waals surface area contributed by atoms with E-state index in [1.807, 2.05) is 84.7 Å². The largest absolute Gasteiger partial charge is 0.481 e. The Morgan fingerprint density at radius 3 is 2.19 bits per heavy atom. The average molecular weight is 568 g/mol. The van der Waals surface area contributed by atoms with Crippen molar-refractivity contribution in [3.05, 3.63) is 70.2 Å². The number of carbonyl (C=O) groups is 2. The van der Waals surface area contributed by atoms with Gasteiger partial charge in [-0.3, -0.25) is 9.59 Å². The molecule has 1 saturated carbocycles. The number of amides is 1. The molecule has 202 valence electrons. The second kappa shape index (κ2) is 13.2. The first-order valence-corrected chi connectivity index (χ1v) is 14.5. The standard InChI is InChI=1S/C22H31ClN2O4S.C6H5Cl/c1-4-18(14-24(3)30(29)22(2)11-12-22)25-19(15-5-8-17(23)9-6-15)10-7-16(21(25)28)13-20(26)27;7-6-4-2-1-3-5-6/h5-6,8-9,16,18-19H,4,7,10-14H2,1-3H3,(H,26,27);1-5H.